The summed E-state index contributed by atoms with van der Waals surface area (Å²) in [5, 5.41) is 13.4. The lowest BCUT2D eigenvalue weighted by atomic mass is 10.2. The van der Waals surface area contributed by atoms with Crippen molar-refractivity contribution in [1.29, 1.82) is 0 Å². The van der Waals surface area contributed by atoms with Crippen LogP contribution in [0, 0.1) is 10.1 Å². The molecule has 0 aliphatic rings. The van der Waals surface area contributed by atoms with Crippen LogP contribution in [0.5, 0.6) is 11.5 Å². The predicted octanol–water partition coefficient (Wildman–Crippen LogP) is 3.70. The van der Waals surface area contributed by atoms with Gasteiger partial charge in [-0.1, -0.05) is 15.9 Å². The molecule has 0 saturated heterocycles. The molecule has 0 radical (unpaired) electrons. The van der Waals surface area contributed by atoms with Crippen LogP contribution in [0.4, 0.5) is 5.69 Å². The number of hydrogen-bond donors (Lipinski definition) is 1. The van der Waals surface area contributed by atoms with Crippen LogP contribution < -0.4 is 14.8 Å². The fraction of sp³-hybridized carbons (Fsp3) is 0.167. The second-order valence-electron chi connectivity index (χ2n) is 5.20. The summed E-state index contributed by atoms with van der Waals surface area (Å²) in [5.74, 6) is 0.874. The van der Waals surface area contributed by atoms with Crippen LogP contribution in [0.2, 0.25) is 0 Å². The topological polar surface area (TPSA) is 90.7 Å². The Hall–Kier alpha value is -2.87. The molecular weight excluding hydrogens is 404 g/mol. The number of methoxy groups -OCH3 is 2. The monoisotopic (exact) mass is 420 g/mol. The number of amides is 1. The lowest BCUT2D eigenvalue weighted by molar-refractivity contribution is -0.384. The lowest BCUT2D eigenvalue weighted by Crippen LogP contribution is -2.20. The molecule has 0 spiro atoms. The maximum atomic E-state index is 12.0. The van der Waals surface area contributed by atoms with Crippen molar-refractivity contribution in [1.82, 2.24) is 5.32 Å². The summed E-state index contributed by atoms with van der Waals surface area (Å²) in [7, 11) is 3.09. The molecule has 26 heavy (non-hydrogen) atoms. The fourth-order valence-electron chi connectivity index (χ4n) is 2.15. The number of carbonyl (C=O) groups is 1. The SMILES string of the molecule is COc1cc(Br)c(CNC(=O)/C=C/c2ccc([N+](=O)[O-])cc2)cc1OC. The smallest absolute Gasteiger partial charge is 0.269 e. The highest BCUT2D eigenvalue weighted by Crippen LogP contribution is 2.33. The number of nitrogens with one attached hydrogen (secondary N) is 1. The molecule has 0 aromatic heterocycles. The number of nitrogens with zero attached hydrogens (tertiary/aromatic N) is 1. The third-order valence-corrected chi connectivity index (χ3v) is 4.27. The van der Waals surface area contributed by atoms with Gasteiger partial charge in [0.25, 0.3) is 5.69 Å². The zero-order valence-corrected chi connectivity index (χ0v) is 15.8. The first-order valence-electron chi connectivity index (χ1n) is 7.55. The number of carbonyl (C=O) groups excluding carboxylic acids is 1. The number of nitro groups is 1. The van der Waals surface area contributed by atoms with Crippen LogP contribution >= 0.6 is 15.9 Å². The molecule has 0 heterocycles. The van der Waals surface area contributed by atoms with E-state index < -0.39 is 4.92 Å². The van der Waals surface area contributed by atoms with Crippen LogP contribution in [-0.4, -0.2) is 25.1 Å². The molecule has 0 fully saturated rings. The average Bonchev–Trinajstić information content (AvgIpc) is 2.65. The summed E-state index contributed by atoms with van der Waals surface area (Å²) in [5.41, 5.74) is 1.53. The summed E-state index contributed by atoms with van der Waals surface area (Å²) < 4.78 is 11.2. The van der Waals surface area contributed by atoms with Gasteiger partial charge in [0, 0.05) is 29.2 Å². The van der Waals surface area contributed by atoms with Crippen molar-refractivity contribution in [3.05, 3.63) is 68.2 Å². The highest BCUT2D eigenvalue weighted by molar-refractivity contribution is 9.10. The van der Waals surface area contributed by atoms with Gasteiger partial charge < -0.3 is 14.8 Å². The van der Waals surface area contributed by atoms with Gasteiger partial charge in [0.15, 0.2) is 11.5 Å². The molecule has 1 amide bonds. The molecule has 0 saturated carbocycles. The van der Waals surface area contributed by atoms with E-state index in [4.69, 9.17) is 9.47 Å². The Morgan fingerprint density at radius 1 is 1.19 bits per heavy atom. The van der Waals surface area contributed by atoms with Crippen LogP contribution in [-0.2, 0) is 11.3 Å². The quantitative estimate of drug-likeness (QED) is 0.418. The van der Waals surface area contributed by atoms with Crippen LogP contribution in [0.3, 0.4) is 0 Å². The van der Waals surface area contributed by atoms with Crippen molar-refractivity contribution in [3.63, 3.8) is 0 Å². The number of non-ortho nitro benzene ring substituents is 1. The maximum Gasteiger partial charge on any atom is 0.269 e. The molecule has 0 aliphatic carbocycles. The highest BCUT2D eigenvalue weighted by Gasteiger charge is 2.10. The Morgan fingerprint density at radius 2 is 1.81 bits per heavy atom. The zero-order chi connectivity index (χ0) is 19.1. The minimum absolute atomic E-state index is 0.00454. The van der Waals surface area contributed by atoms with E-state index in [0.29, 0.717) is 23.6 Å². The van der Waals surface area contributed by atoms with E-state index in [1.807, 2.05) is 0 Å². The van der Waals surface area contributed by atoms with Gasteiger partial charge in [0.2, 0.25) is 5.91 Å². The lowest BCUT2D eigenvalue weighted by Gasteiger charge is -2.12. The number of nitro benzene ring substituents is 1. The van der Waals surface area contributed by atoms with Gasteiger partial charge in [-0.2, -0.15) is 0 Å². The number of hydrogen-bond acceptors (Lipinski definition) is 5. The molecule has 0 unspecified atom stereocenters. The highest BCUT2D eigenvalue weighted by atomic mass is 79.9. The Labute approximate surface area is 158 Å². The van der Waals surface area contributed by atoms with Gasteiger partial charge in [-0.05, 0) is 41.5 Å². The molecule has 0 bridgehead atoms. The first-order chi connectivity index (χ1) is 12.4. The summed E-state index contributed by atoms with van der Waals surface area (Å²) in [6, 6.07) is 9.48. The Bertz CT molecular complexity index is 834. The van der Waals surface area contributed by atoms with Gasteiger partial charge >= 0.3 is 0 Å². The molecule has 136 valence electrons. The number of benzene rings is 2. The molecular formula is C18H17BrN2O5. The first-order valence-corrected chi connectivity index (χ1v) is 8.34. The number of ether oxygens (including phenoxy) is 2. The molecule has 7 nitrogen and oxygen atoms in total. The average molecular weight is 421 g/mol. The van der Waals surface area contributed by atoms with Crippen molar-refractivity contribution in [3.8, 4) is 11.5 Å². The summed E-state index contributed by atoms with van der Waals surface area (Å²) in [6.07, 6.45) is 2.96. The van der Waals surface area contributed by atoms with Crippen molar-refractivity contribution < 1.29 is 19.2 Å². The zero-order valence-electron chi connectivity index (χ0n) is 14.2. The minimum atomic E-state index is -0.471. The van der Waals surface area contributed by atoms with E-state index in [-0.39, 0.29) is 11.6 Å². The Morgan fingerprint density at radius 3 is 2.38 bits per heavy atom. The molecule has 1 N–H and O–H groups in total. The maximum absolute atomic E-state index is 12.0. The first kappa shape index (κ1) is 19.5. The number of rotatable bonds is 7. The van der Waals surface area contributed by atoms with Crippen molar-refractivity contribution in [2.24, 2.45) is 0 Å². The van der Waals surface area contributed by atoms with E-state index in [1.54, 1.807) is 44.6 Å². The molecule has 8 heteroatoms. The van der Waals surface area contributed by atoms with Crippen LogP contribution in [0.1, 0.15) is 11.1 Å². The molecule has 2 aromatic carbocycles. The summed E-state index contributed by atoms with van der Waals surface area (Å²) in [4.78, 5) is 22.1. The van der Waals surface area contributed by atoms with Crippen LogP contribution in [0.15, 0.2) is 46.9 Å². The third-order valence-electron chi connectivity index (χ3n) is 3.54. The predicted molar refractivity (Wildman–Crippen MR) is 101 cm³/mol. The third kappa shape index (κ3) is 5.06. The standard InChI is InChI=1S/C18H17BrN2O5/c1-25-16-9-13(15(19)10-17(16)26-2)11-20-18(22)8-5-12-3-6-14(7-4-12)21(23)24/h3-10H,11H2,1-2H3,(H,20,22)/b8-5+. The number of halogens is 1. The van der Waals surface area contributed by atoms with Gasteiger partial charge in [-0.25, -0.2) is 0 Å². The Balaban J connectivity index is 1.99. The van der Waals surface area contributed by atoms with E-state index in [2.05, 4.69) is 21.2 Å². The van der Waals surface area contributed by atoms with Crippen LogP contribution in [0.25, 0.3) is 6.08 Å². The van der Waals surface area contributed by atoms with Gasteiger partial charge in [0.05, 0.1) is 19.1 Å². The molecule has 0 atom stereocenters. The van der Waals surface area contributed by atoms with Gasteiger partial charge in [0.1, 0.15) is 0 Å². The Kier molecular flexibility index (Phi) is 6.74. The van der Waals surface area contributed by atoms with Crippen molar-refractivity contribution in [2.75, 3.05) is 14.2 Å². The summed E-state index contributed by atoms with van der Waals surface area (Å²) in [6.45, 7) is 0.296. The van der Waals surface area contributed by atoms with E-state index in [9.17, 15) is 14.9 Å². The molecule has 2 aromatic rings. The largest absolute Gasteiger partial charge is 0.493 e. The molecule has 0 aliphatic heterocycles. The second-order valence-corrected chi connectivity index (χ2v) is 6.05. The van der Waals surface area contributed by atoms with Crippen molar-refractivity contribution >= 4 is 33.6 Å². The fourth-order valence-corrected chi connectivity index (χ4v) is 2.61. The van der Waals surface area contributed by atoms with Gasteiger partial charge in [-0.3, -0.25) is 14.9 Å². The second kappa shape index (κ2) is 9.00. The van der Waals surface area contributed by atoms with E-state index in [1.165, 1.54) is 18.2 Å². The van der Waals surface area contributed by atoms with E-state index >= 15 is 0 Å². The summed E-state index contributed by atoms with van der Waals surface area (Å²) >= 11 is 3.44. The minimum Gasteiger partial charge on any atom is -0.493 e. The molecule has 2 rings (SSSR count). The van der Waals surface area contributed by atoms with Gasteiger partial charge in [-0.15, -0.1) is 0 Å². The van der Waals surface area contributed by atoms with E-state index in [0.717, 1.165) is 10.0 Å². The van der Waals surface area contributed by atoms with Crippen molar-refractivity contribution in [2.45, 2.75) is 6.54 Å². The normalized spacial score (nSPS) is 10.6.